The molecule has 0 radical (unpaired) electrons. The fourth-order valence-corrected chi connectivity index (χ4v) is 2.80. The van der Waals surface area contributed by atoms with Crippen molar-refractivity contribution in [3.05, 3.63) is 29.3 Å². The van der Waals surface area contributed by atoms with Crippen LogP contribution in [0.4, 0.5) is 0 Å². The zero-order valence-electron chi connectivity index (χ0n) is 12.6. The van der Waals surface area contributed by atoms with Gasteiger partial charge in [0.15, 0.2) is 0 Å². The van der Waals surface area contributed by atoms with Gasteiger partial charge in [0.25, 0.3) is 10.1 Å². The molecule has 0 amide bonds. The normalized spacial score (nSPS) is 20.5. The van der Waals surface area contributed by atoms with Crippen molar-refractivity contribution < 1.29 is 32.0 Å². The van der Waals surface area contributed by atoms with Gasteiger partial charge in [-0.05, 0) is 50.8 Å². The van der Waals surface area contributed by atoms with Gasteiger partial charge in [0, 0.05) is 0 Å². The van der Waals surface area contributed by atoms with Crippen LogP contribution in [0.15, 0.2) is 23.1 Å². The summed E-state index contributed by atoms with van der Waals surface area (Å²) in [6, 6.07) is 3.14. The number of esters is 2. The lowest BCUT2D eigenvalue weighted by atomic mass is 10.1. The first kappa shape index (κ1) is 17.4. The van der Waals surface area contributed by atoms with Crippen LogP contribution in [0.1, 0.15) is 53.3 Å². The first-order valence-electron chi connectivity index (χ1n) is 7.28. The van der Waals surface area contributed by atoms with Crippen molar-refractivity contribution in [1.29, 1.82) is 0 Å². The van der Waals surface area contributed by atoms with E-state index in [-0.39, 0.29) is 23.8 Å². The van der Waals surface area contributed by atoms with Crippen LogP contribution in [0.2, 0.25) is 0 Å². The summed E-state index contributed by atoms with van der Waals surface area (Å²) in [4.78, 5) is 23.6. The molecule has 1 N–H and O–H groups in total. The average molecular weight is 342 g/mol. The zero-order chi connectivity index (χ0) is 17.0. The van der Waals surface area contributed by atoms with E-state index in [0.717, 1.165) is 25.0 Å². The maximum absolute atomic E-state index is 12.1. The molecule has 1 aliphatic heterocycles. The highest BCUT2D eigenvalue weighted by molar-refractivity contribution is 7.85. The molecule has 1 atom stereocenters. The van der Waals surface area contributed by atoms with Crippen LogP contribution in [0, 0.1) is 0 Å². The number of hydrogen-bond donors (Lipinski definition) is 1. The minimum Gasteiger partial charge on any atom is -0.462 e. The number of carbonyl (C=O) groups is 2. The summed E-state index contributed by atoms with van der Waals surface area (Å²) in [6.45, 7) is 1.94. The lowest BCUT2D eigenvalue weighted by Crippen LogP contribution is -2.16. The molecule has 0 saturated carbocycles. The van der Waals surface area contributed by atoms with Gasteiger partial charge in [-0.2, -0.15) is 8.42 Å². The number of benzene rings is 1. The van der Waals surface area contributed by atoms with Crippen LogP contribution in [-0.4, -0.2) is 37.6 Å². The molecule has 1 unspecified atom stereocenters. The SMILES string of the molecule is CC1CCCCCOC(=O)c2cc(cc(S(=O)(=O)O)c2)C(=O)O1. The largest absolute Gasteiger partial charge is 0.462 e. The van der Waals surface area contributed by atoms with Crippen molar-refractivity contribution >= 4 is 22.1 Å². The average Bonchev–Trinajstić information content (AvgIpc) is 2.48. The predicted octanol–water partition coefficient (Wildman–Crippen LogP) is 2.21. The second kappa shape index (κ2) is 7.10. The van der Waals surface area contributed by atoms with Crippen molar-refractivity contribution in [2.24, 2.45) is 0 Å². The first-order chi connectivity index (χ1) is 10.8. The van der Waals surface area contributed by atoms with Gasteiger partial charge in [0.1, 0.15) is 0 Å². The minimum absolute atomic E-state index is 0.126. The molecule has 2 rings (SSSR count). The second-order valence-electron chi connectivity index (χ2n) is 5.42. The van der Waals surface area contributed by atoms with E-state index in [2.05, 4.69) is 0 Å². The summed E-state index contributed by atoms with van der Waals surface area (Å²) in [5.74, 6) is -1.51. The maximum atomic E-state index is 12.1. The molecule has 1 aromatic rings. The molecule has 0 aromatic heterocycles. The molecule has 23 heavy (non-hydrogen) atoms. The number of ether oxygens (including phenoxy) is 2. The Morgan fingerprint density at radius 1 is 1.04 bits per heavy atom. The van der Waals surface area contributed by atoms with Crippen molar-refractivity contribution in [1.82, 2.24) is 0 Å². The second-order valence-corrected chi connectivity index (χ2v) is 6.84. The number of hydrogen-bond acceptors (Lipinski definition) is 6. The Kier molecular flexibility index (Phi) is 5.38. The van der Waals surface area contributed by atoms with E-state index in [9.17, 15) is 22.6 Å². The van der Waals surface area contributed by atoms with Crippen molar-refractivity contribution in [3.8, 4) is 0 Å². The highest BCUT2D eigenvalue weighted by Crippen LogP contribution is 2.19. The Morgan fingerprint density at radius 2 is 1.70 bits per heavy atom. The van der Waals surface area contributed by atoms with Gasteiger partial charge in [-0.3, -0.25) is 4.55 Å². The van der Waals surface area contributed by atoms with Crippen LogP contribution in [0.3, 0.4) is 0 Å². The Balaban J connectivity index is 2.46. The van der Waals surface area contributed by atoms with Crippen LogP contribution in [-0.2, 0) is 19.6 Å². The number of fused-ring (bicyclic) bond motifs is 2. The number of rotatable bonds is 1. The van der Waals surface area contributed by atoms with Crippen molar-refractivity contribution in [2.45, 2.75) is 43.6 Å². The summed E-state index contributed by atoms with van der Waals surface area (Å²) in [6.07, 6.45) is 2.63. The molecule has 1 aromatic carbocycles. The fourth-order valence-electron chi connectivity index (χ4n) is 2.25. The van der Waals surface area contributed by atoms with Crippen LogP contribution >= 0.6 is 0 Å². The van der Waals surface area contributed by atoms with Gasteiger partial charge in [0.2, 0.25) is 0 Å². The quantitative estimate of drug-likeness (QED) is 0.616. The molecule has 1 heterocycles. The first-order valence-corrected chi connectivity index (χ1v) is 8.72. The highest BCUT2D eigenvalue weighted by Gasteiger charge is 2.21. The summed E-state index contributed by atoms with van der Waals surface area (Å²) in [5.41, 5.74) is -0.253. The Bertz CT molecular complexity index is 709. The van der Waals surface area contributed by atoms with E-state index < -0.39 is 27.0 Å². The third-order valence-electron chi connectivity index (χ3n) is 3.47. The van der Waals surface area contributed by atoms with Crippen LogP contribution in [0.25, 0.3) is 0 Å². The van der Waals surface area contributed by atoms with E-state index in [1.165, 1.54) is 6.07 Å². The molecule has 1 aliphatic rings. The topological polar surface area (TPSA) is 107 Å². The summed E-state index contributed by atoms with van der Waals surface area (Å²) >= 11 is 0. The third kappa shape index (κ3) is 4.77. The molecule has 0 fully saturated rings. The Morgan fingerprint density at radius 3 is 2.35 bits per heavy atom. The number of carbonyl (C=O) groups excluding carboxylic acids is 2. The van der Waals surface area contributed by atoms with Crippen molar-refractivity contribution in [2.75, 3.05) is 6.61 Å². The van der Waals surface area contributed by atoms with Gasteiger partial charge < -0.3 is 9.47 Å². The lowest BCUT2D eigenvalue weighted by molar-refractivity contribution is 0.0317. The van der Waals surface area contributed by atoms with Gasteiger partial charge in [-0.25, -0.2) is 9.59 Å². The molecule has 126 valence electrons. The fraction of sp³-hybridized carbons (Fsp3) is 0.467. The molecule has 8 heteroatoms. The molecule has 0 aliphatic carbocycles. The van der Waals surface area contributed by atoms with Gasteiger partial charge >= 0.3 is 11.9 Å². The van der Waals surface area contributed by atoms with Gasteiger partial charge in [-0.15, -0.1) is 0 Å². The predicted molar refractivity (Wildman–Crippen MR) is 79.9 cm³/mol. The van der Waals surface area contributed by atoms with E-state index >= 15 is 0 Å². The Hall–Kier alpha value is -1.93. The van der Waals surface area contributed by atoms with E-state index in [0.29, 0.717) is 12.8 Å². The maximum Gasteiger partial charge on any atom is 0.338 e. The van der Waals surface area contributed by atoms with Gasteiger partial charge in [-0.1, -0.05) is 0 Å². The molecule has 0 spiro atoms. The smallest absolute Gasteiger partial charge is 0.338 e. The minimum atomic E-state index is -4.57. The molecular formula is C15H18O7S. The summed E-state index contributed by atoms with van der Waals surface area (Å²) in [7, 11) is -4.57. The zero-order valence-corrected chi connectivity index (χ0v) is 13.5. The summed E-state index contributed by atoms with van der Waals surface area (Å²) < 4.78 is 42.2. The van der Waals surface area contributed by atoms with Crippen LogP contribution in [0.5, 0.6) is 0 Å². The highest BCUT2D eigenvalue weighted by atomic mass is 32.2. The molecule has 0 saturated heterocycles. The van der Waals surface area contributed by atoms with E-state index in [1.54, 1.807) is 6.92 Å². The third-order valence-corrected chi connectivity index (χ3v) is 4.30. The monoisotopic (exact) mass is 342 g/mol. The van der Waals surface area contributed by atoms with E-state index in [4.69, 9.17) is 9.47 Å². The summed E-state index contributed by atoms with van der Waals surface area (Å²) in [5, 5.41) is 0. The standard InChI is InChI=1S/C15H18O7S/c1-10-5-3-2-4-6-21-14(16)11-7-12(15(17)22-10)9-13(8-11)23(18,19)20/h7-10H,2-6H2,1H3,(H,18,19,20). The number of cyclic esters (lactones) is 2. The van der Waals surface area contributed by atoms with E-state index in [1.807, 2.05) is 0 Å². The molecule has 2 bridgehead atoms. The molecule has 7 nitrogen and oxygen atoms in total. The molecular weight excluding hydrogens is 324 g/mol. The van der Waals surface area contributed by atoms with Gasteiger partial charge in [0.05, 0.1) is 28.7 Å². The van der Waals surface area contributed by atoms with Crippen LogP contribution < -0.4 is 0 Å². The Labute approximate surface area is 134 Å². The van der Waals surface area contributed by atoms with Crippen molar-refractivity contribution in [3.63, 3.8) is 0 Å². The lowest BCUT2D eigenvalue weighted by Gasteiger charge is -2.13.